The van der Waals surface area contributed by atoms with Crippen LogP contribution in [0.4, 0.5) is 5.69 Å². The molecular weight excluding hydrogens is 446 g/mol. The Labute approximate surface area is 192 Å². The molecule has 0 aliphatic rings. The molecule has 1 aromatic heterocycles. The fourth-order valence-electron chi connectivity index (χ4n) is 2.75. The lowest BCUT2D eigenvalue weighted by Gasteiger charge is -2.12. The molecule has 172 valence electrons. The third kappa shape index (κ3) is 6.01. The van der Waals surface area contributed by atoms with E-state index in [9.17, 15) is 13.2 Å². The largest absolute Gasteiger partial charge is 0.493 e. The molecule has 10 heteroatoms. The van der Waals surface area contributed by atoms with Crippen LogP contribution in [0.2, 0.25) is 0 Å². The maximum atomic E-state index is 12.7. The number of ether oxygens (including phenoxy) is 3. The molecule has 0 atom stereocenters. The molecule has 0 spiro atoms. The van der Waals surface area contributed by atoms with Gasteiger partial charge in [-0.1, -0.05) is 6.08 Å². The maximum Gasteiger partial charge on any atom is 0.262 e. The highest BCUT2D eigenvalue weighted by atomic mass is 32.2. The van der Waals surface area contributed by atoms with Crippen LogP contribution in [0.3, 0.4) is 0 Å². The summed E-state index contributed by atoms with van der Waals surface area (Å²) in [5.74, 6) is 1.20. The molecule has 0 saturated carbocycles. The highest BCUT2D eigenvalue weighted by Crippen LogP contribution is 2.30. The number of nitrogens with one attached hydrogen (secondary N) is 2. The Bertz CT molecular complexity index is 1230. The molecule has 3 rings (SSSR count). The third-order valence-corrected chi connectivity index (χ3v) is 5.78. The molecule has 0 saturated heterocycles. The van der Waals surface area contributed by atoms with Gasteiger partial charge in [-0.15, -0.1) is 6.58 Å². The minimum Gasteiger partial charge on any atom is -0.493 e. The van der Waals surface area contributed by atoms with Gasteiger partial charge in [0.1, 0.15) is 5.75 Å². The molecule has 0 aliphatic heterocycles. The first-order valence-corrected chi connectivity index (χ1v) is 11.2. The topological polar surface area (TPSA) is 116 Å². The van der Waals surface area contributed by atoms with Crippen LogP contribution in [-0.2, 0) is 10.0 Å². The van der Waals surface area contributed by atoms with Crippen molar-refractivity contribution in [1.82, 2.24) is 10.3 Å². The van der Waals surface area contributed by atoms with Crippen LogP contribution in [-0.4, -0.2) is 40.1 Å². The van der Waals surface area contributed by atoms with Crippen molar-refractivity contribution in [3.05, 3.63) is 79.0 Å². The normalized spacial score (nSPS) is 10.7. The molecule has 0 unspecified atom stereocenters. The Morgan fingerprint density at radius 3 is 2.36 bits per heavy atom. The lowest BCUT2D eigenvalue weighted by Crippen LogP contribution is -2.23. The zero-order chi connectivity index (χ0) is 23.8. The van der Waals surface area contributed by atoms with E-state index in [2.05, 4.69) is 21.6 Å². The van der Waals surface area contributed by atoms with Crippen LogP contribution in [0.1, 0.15) is 10.4 Å². The van der Waals surface area contributed by atoms with E-state index >= 15 is 0 Å². The lowest BCUT2D eigenvalue weighted by molar-refractivity contribution is 0.0957. The van der Waals surface area contributed by atoms with Gasteiger partial charge in [0.05, 0.1) is 24.7 Å². The summed E-state index contributed by atoms with van der Waals surface area (Å²) in [6.45, 7) is 3.90. The standard InChI is InChI=1S/C23H23N3O6S/c1-4-13-24-23(27)16-5-12-22(25-15-16)32-18-8-6-17(7-9-18)26-33(28,29)19-10-11-20(30-2)21(14-19)31-3/h4-12,14-15,26H,1,13H2,2-3H3,(H,24,27). The van der Waals surface area contributed by atoms with Crippen molar-refractivity contribution in [1.29, 1.82) is 0 Å². The van der Waals surface area contributed by atoms with E-state index in [-0.39, 0.29) is 16.7 Å². The summed E-state index contributed by atoms with van der Waals surface area (Å²) >= 11 is 0. The first-order valence-electron chi connectivity index (χ1n) is 9.74. The monoisotopic (exact) mass is 469 g/mol. The van der Waals surface area contributed by atoms with Gasteiger partial charge in [0, 0.05) is 30.6 Å². The van der Waals surface area contributed by atoms with Gasteiger partial charge in [0.2, 0.25) is 5.88 Å². The van der Waals surface area contributed by atoms with Gasteiger partial charge in [0.15, 0.2) is 11.5 Å². The number of nitrogens with zero attached hydrogens (tertiary/aromatic N) is 1. The van der Waals surface area contributed by atoms with Crippen molar-refractivity contribution in [2.75, 3.05) is 25.5 Å². The molecule has 1 amide bonds. The summed E-state index contributed by atoms with van der Waals surface area (Å²) in [6.07, 6.45) is 2.99. The van der Waals surface area contributed by atoms with Gasteiger partial charge in [-0.2, -0.15) is 0 Å². The number of aromatic nitrogens is 1. The number of methoxy groups -OCH3 is 2. The Balaban J connectivity index is 1.66. The average molecular weight is 470 g/mol. The fraction of sp³-hybridized carbons (Fsp3) is 0.130. The van der Waals surface area contributed by atoms with Gasteiger partial charge in [0.25, 0.3) is 15.9 Å². The van der Waals surface area contributed by atoms with E-state index in [0.29, 0.717) is 35.0 Å². The number of sulfonamides is 1. The number of benzene rings is 2. The van der Waals surface area contributed by atoms with E-state index in [1.165, 1.54) is 38.6 Å². The Morgan fingerprint density at radius 1 is 1.03 bits per heavy atom. The number of hydrogen-bond donors (Lipinski definition) is 2. The summed E-state index contributed by atoms with van der Waals surface area (Å²) in [5.41, 5.74) is 0.739. The SMILES string of the molecule is C=CCNC(=O)c1ccc(Oc2ccc(NS(=O)(=O)c3ccc(OC)c(OC)c3)cc2)nc1. The van der Waals surface area contributed by atoms with Crippen molar-refractivity contribution in [2.24, 2.45) is 0 Å². The van der Waals surface area contributed by atoms with Crippen LogP contribution >= 0.6 is 0 Å². The highest BCUT2D eigenvalue weighted by Gasteiger charge is 2.17. The van der Waals surface area contributed by atoms with Crippen molar-refractivity contribution >= 4 is 21.6 Å². The molecule has 2 aromatic carbocycles. The Morgan fingerprint density at radius 2 is 1.76 bits per heavy atom. The van der Waals surface area contributed by atoms with E-state index in [4.69, 9.17) is 14.2 Å². The number of rotatable bonds is 10. The maximum absolute atomic E-state index is 12.7. The molecule has 0 fully saturated rings. The second kappa shape index (κ2) is 10.5. The molecule has 3 aromatic rings. The summed E-state index contributed by atoms with van der Waals surface area (Å²) in [5, 5.41) is 2.66. The van der Waals surface area contributed by atoms with Crippen molar-refractivity contribution in [2.45, 2.75) is 4.90 Å². The predicted molar refractivity (Wildman–Crippen MR) is 124 cm³/mol. The van der Waals surface area contributed by atoms with Crippen LogP contribution in [0, 0.1) is 0 Å². The number of amides is 1. The van der Waals surface area contributed by atoms with Crippen LogP contribution < -0.4 is 24.2 Å². The summed E-state index contributed by atoms with van der Waals surface area (Å²) in [7, 11) is -0.943. The molecule has 2 N–H and O–H groups in total. The zero-order valence-electron chi connectivity index (χ0n) is 18.1. The number of pyridine rings is 1. The van der Waals surface area contributed by atoms with Crippen LogP contribution in [0.15, 0.2) is 78.3 Å². The number of hydrogen-bond acceptors (Lipinski definition) is 7. The van der Waals surface area contributed by atoms with Crippen LogP contribution in [0.5, 0.6) is 23.1 Å². The minimum atomic E-state index is -3.85. The third-order valence-electron chi connectivity index (χ3n) is 4.40. The van der Waals surface area contributed by atoms with Crippen molar-refractivity contribution < 1.29 is 27.4 Å². The minimum absolute atomic E-state index is 0.0295. The molecular formula is C23H23N3O6S. The fourth-order valence-corrected chi connectivity index (χ4v) is 3.83. The van der Waals surface area contributed by atoms with Gasteiger partial charge >= 0.3 is 0 Å². The summed E-state index contributed by atoms with van der Waals surface area (Å²) < 4.78 is 43.9. The number of carbonyl (C=O) groups excluding carboxylic acids is 1. The Hall–Kier alpha value is -4.05. The van der Waals surface area contributed by atoms with Crippen molar-refractivity contribution in [3.8, 4) is 23.1 Å². The average Bonchev–Trinajstić information content (AvgIpc) is 2.83. The quantitative estimate of drug-likeness (QED) is 0.436. The second-order valence-corrected chi connectivity index (χ2v) is 8.31. The van der Waals surface area contributed by atoms with E-state index in [0.717, 1.165) is 0 Å². The first kappa shape index (κ1) is 23.6. The smallest absolute Gasteiger partial charge is 0.262 e. The molecule has 0 radical (unpaired) electrons. The lowest BCUT2D eigenvalue weighted by atomic mass is 10.2. The van der Waals surface area contributed by atoms with Crippen molar-refractivity contribution in [3.63, 3.8) is 0 Å². The van der Waals surface area contributed by atoms with Gasteiger partial charge in [-0.25, -0.2) is 13.4 Å². The second-order valence-electron chi connectivity index (χ2n) is 6.63. The van der Waals surface area contributed by atoms with E-state index < -0.39 is 10.0 Å². The number of carbonyl (C=O) groups is 1. The summed E-state index contributed by atoms with van der Waals surface area (Å²) in [6, 6.07) is 13.8. The Kier molecular flexibility index (Phi) is 7.52. The number of anilines is 1. The molecule has 33 heavy (non-hydrogen) atoms. The van der Waals surface area contributed by atoms with Gasteiger partial charge < -0.3 is 19.5 Å². The predicted octanol–water partition coefficient (Wildman–Crippen LogP) is 3.61. The highest BCUT2D eigenvalue weighted by molar-refractivity contribution is 7.92. The van der Waals surface area contributed by atoms with E-state index in [1.54, 1.807) is 42.5 Å². The van der Waals surface area contributed by atoms with Crippen LogP contribution in [0.25, 0.3) is 0 Å². The van der Waals surface area contributed by atoms with Gasteiger partial charge in [-0.3, -0.25) is 9.52 Å². The van der Waals surface area contributed by atoms with E-state index in [1.807, 2.05) is 0 Å². The van der Waals surface area contributed by atoms with Gasteiger partial charge in [-0.05, 0) is 42.5 Å². The molecule has 9 nitrogen and oxygen atoms in total. The zero-order valence-corrected chi connectivity index (χ0v) is 18.9. The first-order chi connectivity index (χ1) is 15.9. The molecule has 0 bridgehead atoms. The summed E-state index contributed by atoms with van der Waals surface area (Å²) in [4.78, 5) is 16.0. The molecule has 0 aliphatic carbocycles. The molecule has 1 heterocycles.